The molecule has 0 spiro atoms. The first-order valence-corrected chi connectivity index (χ1v) is 14.6. The monoisotopic (exact) mass is 548 g/mol. The van der Waals surface area contributed by atoms with Gasteiger partial charge in [0.05, 0.1) is 16.6 Å². The van der Waals surface area contributed by atoms with E-state index in [1.807, 2.05) is 24.3 Å². The van der Waals surface area contributed by atoms with Gasteiger partial charge in [0.25, 0.3) is 15.9 Å². The average molecular weight is 549 g/mol. The first kappa shape index (κ1) is 26.8. The third-order valence-electron chi connectivity index (χ3n) is 6.82. The predicted octanol–water partition coefficient (Wildman–Crippen LogP) is 4.80. The van der Waals surface area contributed by atoms with E-state index in [1.165, 1.54) is 19.2 Å². The third kappa shape index (κ3) is 6.12. The maximum atomic E-state index is 13.9. The summed E-state index contributed by atoms with van der Waals surface area (Å²) >= 11 is 0. The first-order valence-electron chi connectivity index (χ1n) is 13.2. The van der Waals surface area contributed by atoms with Crippen LogP contribution in [0.1, 0.15) is 54.4 Å². The Balaban J connectivity index is 1.72. The van der Waals surface area contributed by atoms with E-state index < -0.39 is 10.0 Å². The van der Waals surface area contributed by atoms with E-state index in [0.29, 0.717) is 5.69 Å². The molecular weight excluding hydrogens is 516 g/mol. The number of ether oxygens (including phenoxy) is 2. The molecule has 9 nitrogen and oxygen atoms in total. The van der Waals surface area contributed by atoms with Gasteiger partial charge in [-0.1, -0.05) is 61.7 Å². The van der Waals surface area contributed by atoms with Gasteiger partial charge in [0.1, 0.15) is 13.3 Å². The van der Waals surface area contributed by atoms with E-state index in [9.17, 15) is 13.2 Å². The molecule has 2 aliphatic heterocycles. The van der Waals surface area contributed by atoms with Crippen LogP contribution in [0.15, 0.2) is 65.6 Å². The van der Waals surface area contributed by atoms with Crippen molar-refractivity contribution in [3.8, 4) is 17.1 Å². The van der Waals surface area contributed by atoms with Crippen LogP contribution in [0.2, 0.25) is 0 Å². The number of nitrogens with zero attached hydrogens (tertiary/aromatic N) is 3. The quantitative estimate of drug-likeness (QED) is 0.490. The van der Waals surface area contributed by atoms with Crippen molar-refractivity contribution in [1.82, 2.24) is 15.3 Å². The first-order chi connectivity index (χ1) is 19.0. The molecule has 6 bridgehead atoms. The molecule has 1 amide bonds. The fourth-order valence-corrected chi connectivity index (χ4v) is 6.08. The number of aromatic nitrogens is 2. The van der Waals surface area contributed by atoms with E-state index in [2.05, 4.69) is 22.5 Å². The highest BCUT2D eigenvalue weighted by Gasteiger charge is 2.30. The highest BCUT2D eigenvalue weighted by molar-refractivity contribution is 7.92. The van der Waals surface area contributed by atoms with Gasteiger partial charge in [-0.15, -0.1) is 0 Å². The van der Waals surface area contributed by atoms with Crippen molar-refractivity contribution in [2.45, 2.75) is 49.5 Å². The fraction of sp³-hybridized carbons (Fsp3) is 0.345. The van der Waals surface area contributed by atoms with Gasteiger partial charge in [-0.2, -0.15) is 4.98 Å². The maximum absolute atomic E-state index is 13.9. The Bertz CT molecular complexity index is 1470. The number of anilines is 1. The second-order valence-corrected chi connectivity index (χ2v) is 11.5. The lowest BCUT2D eigenvalue weighted by Crippen LogP contribution is -2.39. The van der Waals surface area contributed by atoms with Crippen LogP contribution in [-0.2, 0) is 14.8 Å². The van der Waals surface area contributed by atoms with E-state index in [0.717, 1.165) is 54.0 Å². The van der Waals surface area contributed by atoms with E-state index >= 15 is 0 Å². The Morgan fingerprint density at radius 1 is 1.05 bits per heavy atom. The number of carbonyl (C=O) groups is 1. The zero-order chi connectivity index (χ0) is 27.2. The molecule has 0 saturated heterocycles. The van der Waals surface area contributed by atoms with Gasteiger partial charge in [-0.3, -0.25) is 4.79 Å². The molecular formula is C29H32N4O5S. The number of hydrogen-bond donors (Lipinski definition) is 1. The number of rotatable bonds is 2. The molecule has 2 aromatic carbocycles. The Kier molecular flexibility index (Phi) is 8.23. The van der Waals surface area contributed by atoms with Gasteiger partial charge in [0.15, 0.2) is 0 Å². The SMILES string of the molecule is COCN1c2nc3cc(n2)-c2ccccc2/C=C\CCCCCC[C@H](CO3)NC(=O)c2cccc(c2)S1(=O)=O. The van der Waals surface area contributed by atoms with Crippen LogP contribution in [0, 0.1) is 0 Å². The molecule has 1 aromatic heterocycles. The lowest BCUT2D eigenvalue weighted by atomic mass is 10.0. The minimum atomic E-state index is -4.19. The van der Waals surface area contributed by atoms with Crippen LogP contribution in [0.25, 0.3) is 17.3 Å². The normalized spacial score (nSPS) is 20.2. The Morgan fingerprint density at radius 2 is 1.90 bits per heavy atom. The van der Waals surface area contributed by atoms with Crippen molar-refractivity contribution in [1.29, 1.82) is 0 Å². The Hall–Kier alpha value is -3.76. The number of methoxy groups -OCH3 is 1. The average Bonchev–Trinajstić information content (AvgIpc) is 2.95. The molecule has 204 valence electrons. The molecule has 0 saturated carbocycles. The second-order valence-electron chi connectivity index (χ2n) is 9.65. The minimum absolute atomic E-state index is 0.0614. The van der Waals surface area contributed by atoms with Crippen LogP contribution < -0.4 is 14.4 Å². The zero-order valence-electron chi connectivity index (χ0n) is 21.9. The number of sulfonamides is 1. The summed E-state index contributed by atoms with van der Waals surface area (Å²) in [6.45, 7) is -0.147. The zero-order valence-corrected chi connectivity index (χ0v) is 22.7. The molecule has 0 aliphatic carbocycles. The molecule has 0 unspecified atom stereocenters. The van der Waals surface area contributed by atoms with Crippen molar-refractivity contribution < 1.29 is 22.7 Å². The van der Waals surface area contributed by atoms with Crippen molar-refractivity contribution in [2.24, 2.45) is 0 Å². The summed E-state index contributed by atoms with van der Waals surface area (Å²) in [4.78, 5) is 22.3. The summed E-state index contributed by atoms with van der Waals surface area (Å²) in [6.07, 6.45) is 10.0. The van der Waals surface area contributed by atoms with E-state index in [-0.39, 0.29) is 47.6 Å². The molecule has 2 aliphatic rings. The van der Waals surface area contributed by atoms with Crippen molar-refractivity contribution in [2.75, 3.05) is 24.8 Å². The second kappa shape index (κ2) is 12.0. The molecule has 3 aromatic rings. The lowest BCUT2D eigenvalue weighted by molar-refractivity contribution is 0.0916. The molecule has 1 atom stereocenters. The molecule has 5 rings (SSSR count). The number of allylic oxidation sites excluding steroid dienone is 1. The molecule has 0 radical (unpaired) electrons. The third-order valence-corrected chi connectivity index (χ3v) is 8.52. The number of benzene rings is 2. The van der Waals surface area contributed by atoms with Gasteiger partial charge in [0, 0.05) is 24.3 Å². The Labute approximate surface area is 228 Å². The van der Waals surface area contributed by atoms with Crippen molar-refractivity contribution in [3.05, 3.63) is 71.8 Å². The maximum Gasteiger partial charge on any atom is 0.268 e. The highest BCUT2D eigenvalue weighted by atomic mass is 32.2. The molecule has 0 fully saturated rings. The largest absolute Gasteiger partial charge is 0.475 e. The predicted molar refractivity (Wildman–Crippen MR) is 149 cm³/mol. The molecule has 1 N–H and O–H groups in total. The standard InChI is InChI=1S/C29H32N4O5S/c1-37-20-33-29-31-26-18-27(32-29)38-19-23(30-28(34)22-13-10-15-24(17-22)39(33,35)36)14-7-5-3-2-4-6-11-21-12-8-9-16-25(21)26/h6,8-13,15-18,23H,2-5,7,14,19-20H2,1H3,(H,30,34)/b11-6-/t23-/m1/s1. The van der Waals surface area contributed by atoms with Crippen LogP contribution in [0.4, 0.5) is 5.95 Å². The van der Waals surface area contributed by atoms with Gasteiger partial charge in [-0.25, -0.2) is 17.7 Å². The number of fused-ring (bicyclic) bond motifs is 8. The molecule has 39 heavy (non-hydrogen) atoms. The topological polar surface area (TPSA) is 111 Å². The molecule has 3 heterocycles. The Morgan fingerprint density at radius 3 is 2.77 bits per heavy atom. The smallest absolute Gasteiger partial charge is 0.268 e. The number of amides is 1. The van der Waals surface area contributed by atoms with Gasteiger partial charge >= 0.3 is 0 Å². The summed E-state index contributed by atoms with van der Waals surface area (Å²) in [6, 6.07) is 15.2. The summed E-state index contributed by atoms with van der Waals surface area (Å²) in [5.41, 5.74) is 2.54. The van der Waals surface area contributed by atoms with Crippen LogP contribution >= 0.6 is 0 Å². The van der Waals surface area contributed by atoms with E-state index in [4.69, 9.17) is 14.5 Å². The number of nitrogens with one attached hydrogen (secondary N) is 1. The van der Waals surface area contributed by atoms with Crippen LogP contribution in [0.3, 0.4) is 0 Å². The van der Waals surface area contributed by atoms with Gasteiger partial charge in [-0.05, 0) is 43.0 Å². The summed E-state index contributed by atoms with van der Waals surface area (Å²) < 4.78 is 40.1. The summed E-state index contributed by atoms with van der Waals surface area (Å²) in [5.74, 6) is -0.225. The van der Waals surface area contributed by atoms with Gasteiger partial charge < -0.3 is 14.8 Å². The van der Waals surface area contributed by atoms with Crippen LogP contribution in [0.5, 0.6) is 5.88 Å². The summed E-state index contributed by atoms with van der Waals surface area (Å²) in [5, 5.41) is 3.04. The van der Waals surface area contributed by atoms with Crippen molar-refractivity contribution >= 4 is 28.0 Å². The van der Waals surface area contributed by atoms with Gasteiger partial charge in [0.2, 0.25) is 11.8 Å². The fourth-order valence-electron chi connectivity index (χ4n) is 4.76. The molecule has 10 heteroatoms. The van der Waals surface area contributed by atoms with Crippen LogP contribution in [-0.4, -0.2) is 50.8 Å². The highest BCUT2D eigenvalue weighted by Crippen LogP contribution is 2.31. The lowest BCUT2D eigenvalue weighted by Gasteiger charge is -2.23. The van der Waals surface area contributed by atoms with E-state index in [1.54, 1.807) is 18.2 Å². The summed E-state index contributed by atoms with van der Waals surface area (Å²) in [7, 11) is -2.79. The minimum Gasteiger partial charge on any atom is -0.475 e. The van der Waals surface area contributed by atoms with Crippen molar-refractivity contribution in [3.63, 3.8) is 0 Å². The number of hydrogen-bond acceptors (Lipinski definition) is 7. The number of carbonyl (C=O) groups excluding carboxylic acids is 1.